The van der Waals surface area contributed by atoms with Crippen molar-refractivity contribution >= 4 is 28.7 Å². The number of methoxy groups -OCH3 is 1. The topological polar surface area (TPSA) is 92.6 Å². The first kappa shape index (κ1) is 27.7. The van der Waals surface area contributed by atoms with Crippen molar-refractivity contribution in [2.75, 3.05) is 30.8 Å². The van der Waals surface area contributed by atoms with Crippen LogP contribution < -0.4 is 20.7 Å². The number of aryl methyl sites for hydroxylation is 1. The molecule has 0 aliphatic heterocycles. The van der Waals surface area contributed by atoms with Crippen LogP contribution in [0.1, 0.15) is 35.7 Å². The second kappa shape index (κ2) is 11.6. The van der Waals surface area contributed by atoms with Gasteiger partial charge in [-0.1, -0.05) is 13.0 Å². The summed E-state index contributed by atoms with van der Waals surface area (Å²) in [7, 11) is 1.34. The summed E-state index contributed by atoms with van der Waals surface area (Å²) in [5, 5.41) is 13.3. The van der Waals surface area contributed by atoms with Crippen LogP contribution in [0.5, 0.6) is 5.75 Å². The number of ether oxygens (including phenoxy) is 1. The quantitative estimate of drug-likeness (QED) is 0.209. The number of hydrogen-bond donors (Lipinski definition) is 3. The number of hydrogen-bond acceptors (Lipinski definition) is 6. The Hall–Kier alpha value is -4.35. The molecule has 0 saturated carbocycles. The van der Waals surface area contributed by atoms with Crippen LogP contribution in [0.4, 0.5) is 34.8 Å². The summed E-state index contributed by atoms with van der Waals surface area (Å²) in [6, 6.07) is 11.0. The summed E-state index contributed by atoms with van der Waals surface area (Å²) >= 11 is 0. The number of imidazole rings is 1. The number of nitrogens with one attached hydrogen (secondary N) is 3. The summed E-state index contributed by atoms with van der Waals surface area (Å²) in [6.07, 6.45) is -2.98. The number of fused-ring (bicyclic) bond motifs is 1. The predicted molar refractivity (Wildman–Crippen MR) is 141 cm³/mol. The van der Waals surface area contributed by atoms with Gasteiger partial charge in [0.05, 0.1) is 31.1 Å². The number of anilines is 3. The molecular weight excluding hydrogens is 516 g/mol. The highest BCUT2D eigenvalue weighted by atomic mass is 19.4. The third-order valence-corrected chi connectivity index (χ3v) is 5.92. The van der Waals surface area contributed by atoms with E-state index in [1.54, 1.807) is 18.3 Å². The third kappa shape index (κ3) is 6.57. The molecule has 2 aromatic carbocycles. The Morgan fingerprint density at radius 3 is 2.59 bits per heavy atom. The van der Waals surface area contributed by atoms with Crippen molar-refractivity contribution in [3.05, 3.63) is 65.6 Å². The SMILES string of the molecule is CCCNC(=O)c1ccc(-c2cnc3c(NCCC(F)(F)F)cc(Nc4ccc(F)c(OC)c4)nn23)cc1C. The van der Waals surface area contributed by atoms with Crippen LogP contribution in [-0.4, -0.2) is 46.9 Å². The monoisotopic (exact) mass is 544 g/mol. The predicted octanol–water partition coefficient (Wildman–Crippen LogP) is 6.10. The Morgan fingerprint density at radius 2 is 1.90 bits per heavy atom. The molecule has 4 aromatic rings. The van der Waals surface area contributed by atoms with E-state index in [9.17, 15) is 22.4 Å². The molecule has 0 spiro atoms. The summed E-state index contributed by atoms with van der Waals surface area (Å²) in [6.45, 7) is 3.99. The van der Waals surface area contributed by atoms with Gasteiger partial charge in [-0.3, -0.25) is 4.79 Å². The van der Waals surface area contributed by atoms with Crippen LogP contribution in [0.25, 0.3) is 16.9 Å². The van der Waals surface area contributed by atoms with Crippen molar-refractivity contribution in [2.45, 2.75) is 32.9 Å². The molecule has 4 rings (SSSR count). The molecule has 12 heteroatoms. The fourth-order valence-corrected chi connectivity index (χ4v) is 3.99. The minimum absolute atomic E-state index is 0.0199. The minimum atomic E-state index is -4.33. The Balaban J connectivity index is 1.74. The first-order valence-electron chi connectivity index (χ1n) is 12.3. The number of halogens is 4. The Labute approximate surface area is 222 Å². The van der Waals surface area contributed by atoms with Crippen LogP contribution in [0.3, 0.4) is 0 Å². The second-order valence-electron chi connectivity index (χ2n) is 8.87. The molecule has 0 aliphatic carbocycles. The summed E-state index contributed by atoms with van der Waals surface area (Å²) < 4.78 is 58.8. The normalized spacial score (nSPS) is 11.5. The van der Waals surface area contributed by atoms with Crippen molar-refractivity contribution < 1.29 is 27.1 Å². The zero-order valence-electron chi connectivity index (χ0n) is 21.6. The Morgan fingerprint density at radius 1 is 1.10 bits per heavy atom. The first-order chi connectivity index (χ1) is 18.6. The maximum Gasteiger partial charge on any atom is 0.390 e. The second-order valence-corrected chi connectivity index (χ2v) is 8.87. The van der Waals surface area contributed by atoms with Gasteiger partial charge < -0.3 is 20.7 Å². The average Bonchev–Trinajstić information content (AvgIpc) is 3.31. The number of nitrogens with zero attached hydrogens (tertiary/aromatic N) is 3. The van der Waals surface area contributed by atoms with Gasteiger partial charge in [-0.05, 0) is 43.2 Å². The van der Waals surface area contributed by atoms with Gasteiger partial charge in [0.1, 0.15) is 0 Å². The molecule has 2 heterocycles. The fourth-order valence-electron chi connectivity index (χ4n) is 3.99. The molecule has 206 valence electrons. The summed E-state index contributed by atoms with van der Waals surface area (Å²) in [5.74, 6) is -0.418. The molecule has 8 nitrogen and oxygen atoms in total. The molecule has 0 unspecified atom stereocenters. The van der Waals surface area contributed by atoms with Crippen molar-refractivity contribution in [1.82, 2.24) is 19.9 Å². The van der Waals surface area contributed by atoms with E-state index in [4.69, 9.17) is 4.74 Å². The lowest BCUT2D eigenvalue weighted by Gasteiger charge is -2.14. The Bertz CT molecular complexity index is 1490. The smallest absolute Gasteiger partial charge is 0.390 e. The van der Waals surface area contributed by atoms with E-state index >= 15 is 0 Å². The minimum Gasteiger partial charge on any atom is -0.494 e. The van der Waals surface area contributed by atoms with Gasteiger partial charge in [0.2, 0.25) is 0 Å². The number of alkyl halides is 3. The van der Waals surface area contributed by atoms with Crippen molar-refractivity contribution in [3.8, 4) is 17.0 Å². The number of benzene rings is 2. The molecule has 0 fully saturated rings. The van der Waals surface area contributed by atoms with E-state index in [2.05, 4.69) is 26.0 Å². The molecule has 3 N–H and O–H groups in total. The molecule has 39 heavy (non-hydrogen) atoms. The van der Waals surface area contributed by atoms with Crippen molar-refractivity contribution in [2.24, 2.45) is 0 Å². The average molecular weight is 545 g/mol. The van der Waals surface area contributed by atoms with Crippen molar-refractivity contribution in [1.29, 1.82) is 0 Å². The van der Waals surface area contributed by atoms with E-state index < -0.39 is 18.4 Å². The van der Waals surface area contributed by atoms with Gasteiger partial charge in [-0.2, -0.15) is 13.2 Å². The maximum atomic E-state index is 13.9. The van der Waals surface area contributed by atoms with E-state index in [0.29, 0.717) is 40.4 Å². The first-order valence-corrected chi connectivity index (χ1v) is 12.3. The number of carbonyl (C=O) groups excluding carboxylic acids is 1. The standard InChI is InChI=1S/C27H28F4N6O2/c1-4-10-33-26(38)19-7-5-17(12-16(19)2)22-15-34-25-21(32-11-9-27(29,30)31)14-24(36-37(22)25)35-18-6-8-20(28)23(13-18)39-3/h5-8,12-15,32H,4,9-11H2,1-3H3,(H,33,38)(H,35,36). The highest BCUT2D eigenvalue weighted by Crippen LogP contribution is 2.30. The molecule has 1 amide bonds. The lowest BCUT2D eigenvalue weighted by atomic mass is 10.0. The van der Waals surface area contributed by atoms with Crippen LogP contribution >= 0.6 is 0 Å². The van der Waals surface area contributed by atoms with Crippen LogP contribution in [0.2, 0.25) is 0 Å². The number of rotatable bonds is 10. The molecule has 0 saturated heterocycles. The largest absolute Gasteiger partial charge is 0.494 e. The number of aromatic nitrogens is 3. The van der Waals surface area contributed by atoms with Crippen LogP contribution in [0.15, 0.2) is 48.7 Å². The molecule has 0 radical (unpaired) electrons. The lowest BCUT2D eigenvalue weighted by Crippen LogP contribution is -2.24. The van der Waals surface area contributed by atoms with Crippen molar-refractivity contribution in [3.63, 3.8) is 0 Å². The molecule has 0 atom stereocenters. The van der Waals surface area contributed by atoms with Gasteiger partial charge in [0.25, 0.3) is 5.91 Å². The van der Waals surface area contributed by atoms with Gasteiger partial charge in [-0.25, -0.2) is 13.9 Å². The highest BCUT2D eigenvalue weighted by Gasteiger charge is 2.26. The molecule has 0 aliphatic rings. The Kier molecular flexibility index (Phi) is 8.22. The lowest BCUT2D eigenvalue weighted by molar-refractivity contribution is -0.131. The van der Waals surface area contributed by atoms with E-state index in [-0.39, 0.29) is 24.0 Å². The van der Waals surface area contributed by atoms with Gasteiger partial charge in [0.15, 0.2) is 23.0 Å². The molecule has 0 bridgehead atoms. The van der Waals surface area contributed by atoms with E-state index in [1.165, 1.54) is 35.9 Å². The zero-order chi connectivity index (χ0) is 28.2. The third-order valence-electron chi connectivity index (χ3n) is 5.92. The van der Waals surface area contributed by atoms with Gasteiger partial charge >= 0.3 is 6.18 Å². The van der Waals surface area contributed by atoms with Gasteiger partial charge in [0, 0.05) is 42.0 Å². The van der Waals surface area contributed by atoms with Crippen LogP contribution in [-0.2, 0) is 0 Å². The fraction of sp³-hybridized carbons (Fsp3) is 0.296. The molecule has 2 aromatic heterocycles. The van der Waals surface area contributed by atoms with E-state index in [1.807, 2.05) is 19.9 Å². The number of carbonyl (C=O) groups is 1. The molecular formula is C27H28F4N6O2. The number of amides is 1. The summed E-state index contributed by atoms with van der Waals surface area (Å²) in [5.41, 5.74) is 3.65. The van der Waals surface area contributed by atoms with E-state index in [0.717, 1.165) is 12.0 Å². The maximum absolute atomic E-state index is 13.9. The summed E-state index contributed by atoms with van der Waals surface area (Å²) in [4.78, 5) is 16.9. The zero-order valence-corrected chi connectivity index (χ0v) is 21.6. The van der Waals surface area contributed by atoms with Crippen LogP contribution in [0, 0.1) is 12.7 Å². The highest BCUT2D eigenvalue weighted by molar-refractivity contribution is 5.96. The van der Waals surface area contributed by atoms with Gasteiger partial charge in [-0.15, -0.1) is 5.10 Å².